The summed E-state index contributed by atoms with van der Waals surface area (Å²) < 4.78 is 26.9. The normalized spacial score (nSPS) is 10.2. The number of nitrogens with zero attached hydrogens (tertiary/aromatic N) is 1. The maximum atomic E-state index is 13.6. The van der Waals surface area contributed by atoms with Crippen molar-refractivity contribution in [3.8, 4) is 0 Å². The van der Waals surface area contributed by atoms with E-state index in [0.717, 1.165) is 12.1 Å². The Morgan fingerprint density at radius 2 is 2.00 bits per heavy atom. The molecule has 8 heteroatoms. The van der Waals surface area contributed by atoms with E-state index in [-0.39, 0.29) is 15.7 Å². The van der Waals surface area contributed by atoms with E-state index in [1.165, 1.54) is 18.3 Å². The van der Waals surface area contributed by atoms with E-state index in [1.807, 2.05) is 0 Å². The monoisotopic (exact) mass is 342 g/mol. The first-order valence-electron chi connectivity index (χ1n) is 5.40. The third-order valence-corrected chi connectivity index (χ3v) is 3.04. The smallest absolute Gasteiger partial charge is 0.257 e. The van der Waals surface area contributed by atoms with Crippen molar-refractivity contribution in [3.05, 3.63) is 52.1 Å². The SMILES string of the molecule is NNc1ccc(C(=O)Nc2cc(F)c(Br)cc2F)cn1. The lowest BCUT2D eigenvalue weighted by molar-refractivity contribution is 0.102. The van der Waals surface area contributed by atoms with Crippen LogP contribution in [0.25, 0.3) is 0 Å². The molecule has 5 nitrogen and oxygen atoms in total. The summed E-state index contributed by atoms with van der Waals surface area (Å²) in [5, 5.41) is 2.27. The Hall–Kier alpha value is -2.06. The number of hydrazine groups is 1. The van der Waals surface area contributed by atoms with Gasteiger partial charge in [0.2, 0.25) is 0 Å². The van der Waals surface area contributed by atoms with Gasteiger partial charge in [-0.3, -0.25) is 4.79 Å². The first-order chi connectivity index (χ1) is 9.51. The van der Waals surface area contributed by atoms with Crippen LogP contribution in [0, 0.1) is 11.6 Å². The number of halogens is 3. The van der Waals surface area contributed by atoms with E-state index >= 15 is 0 Å². The Kier molecular flexibility index (Phi) is 4.26. The maximum Gasteiger partial charge on any atom is 0.257 e. The van der Waals surface area contributed by atoms with Crippen molar-refractivity contribution in [2.24, 2.45) is 5.84 Å². The third kappa shape index (κ3) is 3.09. The molecule has 0 fully saturated rings. The molecule has 0 aliphatic heterocycles. The standard InChI is InChI=1S/C12H9BrF2N4O/c13-7-3-9(15)10(4-8(7)14)18-12(20)6-1-2-11(19-16)17-5-6/h1-5H,16H2,(H,17,19)(H,18,20). The van der Waals surface area contributed by atoms with E-state index < -0.39 is 17.5 Å². The number of hydrogen-bond acceptors (Lipinski definition) is 4. The van der Waals surface area contributed by atoms with Crippen LogP contribution in [0.2, 0.25) is 0 Å². The van der Waals surface area contributed by atoms with E-state index in [4.69, 9.17) is 5.84 Å². The van der Waals surface area contributed by atoms with Gasteiger partial charge in [0.05, 0.1) is 15.7 Å². The summed E-state index contributed by atoms with van der Waals surface area (Å²) in [6.45, 7) is 0. The van der Waals surface area contributed by atoms with Crippen LogP contribution in [0.4, 0.5) is 20.3 Å². The summed E-state index contributed by atoms with van der Waals surface area (Å²) in [6.07, 6.45) is 1.26. The molecular weight excluding hydrogens is 334 g/mol. The second kappa shape index (κ2) is 5.93. The minimum absolute atomic E-state index is 0.0203. The number of nitrogen functional groups attached to an aromatic ring is 1. The first kappa shape index (κ1) is 14.4. The van der Waals surface area contributed by atoms with Crippen molar-refractivity contribution < 1.29 is 13.6 Å². The summed E-state index contributed by atoms with van der Waals surface area (Å²) in [5.41, 5.74) is 2.24. The van der Waals surface area contributed by atoms with Gasteiger partial charge in [0.25, 0.3) is 5.91 Å². The highest BCUT2D eigenvalue weighted by Crippen LogP contribution is 2.23. The predicted molar refractivity (Wildman–Crippen MR) is 74.1 cm³/mol. The number of rotatable bonds is 3. The number of aromatic nitrogens is 1. The molecular formula is C12H9BrF2N4O. The molecule has 1 aromatic carbocycles. The molecule has 104 valence electrons. The molecule has 2 aromatic rings. The Bertz CT molecular complexity index is 649. The second-order valence-electron chi connectivity index (χ2n) is 3.78. The molecule has 0 aliphatic carbocycles. The highest BCUT2D eigenvalue weighted by Gasteiger charge is 2.12. The molecule has 0 radical (unpaired) electrons. The van der Waals surface area contributed by atoms with E-state index in [9.17, 15) is 13.6 Å². The zero-order valence-electron chi connectivity index (χ0n) is 9.95. The molecule has 0 saturated heterocycles. The number of carbonyl (C=O) groups excluding carboxylic acids is 1. The van der Waals surface area contributed by atoms with E-state index in [0.29, 0.717) is 5.82 Å². The number of benzene rings is 1. The topological polar surface area (TPSA) is 80.0 Å². The summed E-state index contributed by atoms with van der Waals surface area (Å²) in [7, 11) is 0. The van der Waals surface area contributed by atoms with E-state index in [1.54, 1.807) is 0 Å². The van der Waals surface area contributed by atoms with Crippen LogP contribution < -0.4 is 16.6 Å². The van der Waals surface area contributed by atoms with Gasteiger partial charge in [0, 0.05) is 12.3 Å². The average molecular weight is 343 g/mol. The minimum atomic E-state index is -0.750. The van der Waals surface area contributed by atoms with Crippen LogP contribution in [-0.2, 0) is 0 Å². The number of hydrogen-bond donors (Lipinski definition) is 3. The summed E-state index contributed by atoms with van der Waals surface area (Å²) in [5.74, 6) is 3.48. The van der Waals surface area contributed by atoms with Gasteiger partial charge in [-0.1, -0.05) is 0 Å². The van der Waals surface area contributed by atoms with Gasteiger partial charge >= 0.3 is 0 Å². The fourth-order valence-electron chi connectivity index (χ4n) is 1.43. The molecule has 2 rings (SSSR count). The Morgan fingerprint density at radius 3 is 2.60 bits per heavy atom. The maximum absolute atomic E-state index is 13.6. The summed E-state index contributed by atoms with van der Waals surface area (Å²) in [6, 6.07) is 4.75. The molecule has 0 aliphatic rings. The first-order valence-corrected chi connectivity index (χ1v) is 6.19. The lowest BCUT2D eigenvalue weighted by Crippen LogP contribution is -2.14. The van der Waals surface area contributed by atoms with Gasteiger partial charge in [0.15, 0.2) is 0 Å². The van der Waals surface area contributed by atoms with Crippen molar-refractivity contribution in [2.45, 2.75) is 0 Å². The second-order valence-corrected chi connectivity index (χ2v) is 4.63. The van der Waals surface area contributed by atoms with Gasteiger partial charge in [0.1, 0.15) is 17.5 Å². The number of pyridine rings is 1. The van der Waals surface area contributed by atoms with Gasteiger partial charge in [-0.2, -0.15) is 0 Å². The van der Waals surface area contributed by atoms with Gasteiger partial charge in [-0.05, 0) is 34.1 Å². The molecule has 1 amide bonds. The molecule has 1 heterocycles. The fraction of sp³-hybridized carbons (Fsp3) is 0. The molecule has 0 atom stereocenters. The molecule has 0 unspecified atom stereocenters. The zero-order chi connectivity index (χ0) is 14.7. The van der Waals surface area contributed by atoms with Crippen LogP contribution in [-0.4, -0.2) is 10.9 Å². The van der Waals surface area contributed by atoms with Crippen molar-refractivity contribution in [1.82, 2.24) is 4.98 Å². The minimum Gasteiger partial charge on any atom is -0.319 e. The Labute approximate surface area is 121 Å². The Morgan fingerprint density at radius 1 is 1.25 bits per heavy atom. The third-order valence-electron chi connectivity index (χ3n) is 2.43. The van der Waals surface area contributed by atoms with Crippen LogP contribution in [0.5, 0.6) is 0 Å². The highest BCUT2D eigenvalue weighted by atomic mass is 79.9. The lowest BCUT2D eigenvalue weighted by Gasteiger charge is -2.07. The lowest BCUT2D eigenvalue weighted by atomic mass is 10.2. The molecule has 0 bridgehead atoms. The van der Waals surface area contributed by atoms with Crippen LogP contribution >= 0.6 is 15.9 Å². The van der Waals surface area contributed by atoms with E-state index in [2.05, 4.69) is 31.7 Å². The largest absolute Gasteiger partial charge is 0.319 e. The molecule has 0 spiro atoms. The summed E-state index contributed by atoms with van der Waals surface area (Å²) in [4.78, 5) is 15.7. The van der Waals surface area contributed by atoms with Crippen molar-refractivity contribution >= 4 is 33.3 Å². The number of carbonyl (C=O) groups is 1. The number of anilines is 2. The van der Waals surface area contributed by atoms with Crippen LogP contribution in [0.3, 0.4) is 0 Å². The predicted octanol–water partition coefficient (Wildman–Crippen LogP) is 2.66. The Balaban J connectivity index is 2.20. The van der Waals surface area contributed by atoms with Crippen molar-refractivity contribution in [3.63, 3.8) is 0 Å². The summed E-state index contributed by atoms with van der Waals surface area (Å²) >= 11 is 2.85. The molecule has 0 saturated carbocycles. The molecule has 4 N–H and O–H groups in total. The number of nitrogens with one attached hydrogen (secondary N) is 2. The molecule has 1 aromatic heterocycles. The van der Waals surface area contributed by atoms with Crippen molar-refractivity contribution in [1.29, 1.82) is 0 Å². The quantitative estimate of drug-likeness (QED) is 0.455. The van der Waals surface area contributed by atoms with Gasteiger partial charge in [-0.25, -0.2) is 19.6 Å². The van der Waals surface area contributed by atoms with Crippen LogP contribution in [0.1, 0.15) is 10.4 Å². The highest BCUT2D eigenvalue weighted by molar-refractivity contribution is 9.10. The molecule has 20 heavy (non-hydrogen) atoms. The van der Waals surface area contributed by atoms with Crippen molar-refractivity contribution in [2.75, 3.05) is 10.7 Å². The number of nitrogens with two attached hydrogens (primary N) is 1. The van der Waals surface area contributed by atoms with Gasteiger partial charge in [-0.15, -0.1) is 0 Å². The van der Waals surface area contributed by atoms with Crippen LogP contribution in [0.15, 0.2) is 34.9 Å². The average Bonchev–Trinajstić information content (AvgIpc) is 2.44. The zero-order valence-corrected chi connectivity index (χ0v) is 11.5. The van der Waals surface area contributed by atoms with Gasteiger partial charge < -0.3 is 10.7 Å². The number of amides is 1. The fourth-order valence-corrected chi connectivity index (χ4v) is 1.74.